The molecule has 0 saturated carbocycles. The van der Waals surface area contributed by atoms with Crippen LogP contribution in [0.1, 0.15) is 5.69 Å². The van der Waals surface area contributed by atoms with Crippen LogP contribution in [0.4, 0.5) is 0 Å². The molecule has 1 aromatic heterocycles. The molecule has 0 bridgehead atoms. The van der Waals surface area contributed by atoms with Crippen LogP contribution in [0.3, 0.4) is 0 Å². The molecule has 1 heterocycles. The molecule has 66 valence electrons. The van der Waals surface area contributed by atoms with Crippen molar-refractivity contribution in [3.63, 3.8) is 0 Å². The maximum Gasteiger partial charge on any atom is 0.235 e. The van der Waals surface area contributed by atoms with Gasteiger partial charge >= 0.3 is 0 Å². The average molecular weight is 188 g/mol. The fourth-order valence-electron chi connectivity index (χ4n) is 0.794. The number of amides is 1. The van der Waals surface area contributed by atoms with Crippen molar-refractivity contribution in [2.75, 3.05) is 5.88 Å². The van der Waals surface area contributed by atoms with Crippen molar-refractivity contribution in [3.8, 4) is 0 Å². The zero-order valence-corrected chi connectivity index (χ0v) is 7.51. The van der Waals surface area contributed by atoms with Crippen molar-refractivity contribution < 1.29 is 4.79 Å². The Morgan fingerprint density at radius 2 is 2.58 bits per heavy atom. The van der Waals surface area contributed by atoms with Crippen LogP contribution in [0.25, 0.3) is 0 Å². The monoisotopic (exact) mass is 187 g/mol. The second kappa shape index (κ2) is 4.11. The second-order valence-electron chi connectivity index (χ2n) is 2.39. The molecule has 0 radical (unpaired) electrons. The zero-order valence-electron chi connectivity index (χ0n) is 6.75. The van der Waals surface area contributed by atoms with Crippen LogP contribution >= 0.6 is 11.6 Å². The van der Waals surface area contributed by atoms with Crippen LogP contribution in [0.2, 0.25) is 0 Å². The van der Waals surface area contributed by atoms with Gasteiger partial charge in [0.15, 0.2) is 0 Å². The molecule has 0 aliphatic heterocycles. The summed E-state index contributed by atoms with van der Waals surface area (Å²) in [6.45, 7) is 0.437. The first-order chi connectivity index (χ1) is 5.72. The van der Waals surface area contributed by atoms with Gasteiger partial charge in [-0.3, -0.25) is 9.48 Å². The van der Waals surface area contributed by atoms with E-state index in [1.54, 1.807) is 4.68 Å². The van der Waals surface area contributed by atoms with Crippen LogP contribution in [-0.2, 0) is 18.4 Å². The average Bonchev–Trinajstić information content (AvgIpc) is 2.47. The van der Waals surface area contributed by atoms with Crippen molar-refractivity contribution in [2.45, 2.75) is 6.54 Å². The van der Waals surface area contributed by atoms with Gasteiger partial charge in [0.2, 0.25) is 5.91 Å². The van der Waals surface area contributed by atoms with Crippen molar-refractivity contribution >= 4 is 17.5 Å². The van der Waals surface area contributed by atoms with Gasteiger partial charge in [-0.25, -0.2) is 0 Å². The van der Waals surface area contributed by atoms with Crippen molar-refractivity contribution in [1.82, 2.24) is 15.1 Å². The van der Waals surface area contributed by atoms with E-state index in [0.29, 0.717) is 6.54 Å². The van der Waals surface area contributed by atoms with Gasteiger partial charge in [-0.05, 0) is 6.07 Å². The lowest BCUT2D eigenvalue weighted by molar-refractivity contribution is -0.118. The van der Waals surface area contributed by atoms with E-state index in [1.807, 2.05) is 19.3 Å². The number of nitrogens with zero attached hydrogens (tertiary/aromatic N) is 2. The lowest BCUT2D eigenvalue weighted by atomic mass is 10.4. The Morgan fingerprint density at radius 1 is 1.83 bits per heavy atom. The number of carbonyl (C=O) groups excluding carboxylic acids is 1. The van der Waals surface area contributed by atoms with Crippen LogP contribution in [0.5, 0.6) is 0 Å². The third kappa shape index (κ3) is 2.54. The Hall–Kier alpha value is -1.03. The number of nitrogens with one attached hydrogen (secondary N) is 1. The predicted molar refractivity (Wildman–Crippen MR) is 45.8 cm³/mol. The highest BCUT2D eigenvalue weighted by molar-refractivity contribution is 6.27. The smallest absolute Gasteiger partial charge is 0.235 e. The summed E-state index contributed by atoms with van der Waals surface area (Å²) in [7, 11) is 1.83. The Labute approximate surface area is 75.5 Å². The summed E-state index contributed by atoms with van der Waals surface area (Å²) in [4.78, 5) is 10.7. The molecule has 0 aliphatic rings. The molecule has 4 nitrogen and oxygen atoms in total. The van der Waals surface area contributed by atoms with Gasteiger partial charge in [0.1, 0.15) is 5.88 Å². The Bertz CT molecular complexity index is 271. The fraction of sp³-hybridized carbons (Fsp3) is 0.429. The zero-order chi connectivity index (χ0) is 8.97. The Morgan fingerprint density at radius 3 is 3.08 bits per heavy atom. The van der Waals surface area contributed by atoms with Crippen LogP contribution in [-0.4, -0.2) is 21.6 Å². The first-order valence-electron chi connectivity index (χ1n) is 3.53. The number of aromatic nitrogens is 2. The number of hydrogen-bond acceptors (Lipinski definition) is 2. The standard InChI is InChI=1S/C7H10ClN3O/c1-11-3-2-6(10-11)5-9-7(12)4-8/h2-3H,4-5H2,1H3,(H,9,12). The molecule has 1 rings (SSSR count). The molecule has 1 N–H and O–H groups in total. The van der Waals surface area contributed by atoms with Gasteiger partial charge in [-0.1, -0.05) is 0 Å². The fourth-order valence-corrected chi connectivity index (χ4v) is 0.888. The van der Waals surface area contributed by atoms with E-state index >= 15 is 0 Å². The van der Waals surface area contributed by atoms with Gasteiger partial charge in [0.05, 0.1) is 12.2 Å². The normalized spacial score (nSPS) is 9.83. The highest BCUT2D eigenvalue weighted by Crippen LogP contribution is 1.92. The van der Waals surface area contributed by atoms with E-state index in [-0.39, 0.29) is 11.8 Å². The maximum absolute atomic E-state index is 10.7. The van der Waals surface area contributed by atoms with Gasteiger partial charge in [0, 0.05) is 13.2 Å². The van der Waals surface area contributed by atoms with Crippen LogP contribution in [0.15, 0.2) is 12.3 Å². The van der Waals surface area contributed by atoms with E-state index < -0.39 is 0 Å². The molecule has 1 aromatic rings. The maximum atomic E-state index is 10.7. The number of aryl methyl sites for hydroxylation is 1. The quantitative estimate of drug-likeness (QED) is 0.691. The van der Waals surface area contributed by atoms with E-state index in [2.05, 4.69) is 10.4 Å². The van der Waals surface area contributed by atoms with Gasteiger partial charge < -0.3 is 5.32 Å². The predicted octanol–water partition coefficient (Wildman–Crippen LogP) is 0.275. The summed E-state index contributed by atoms with van der Waals surface area (Å²) in [5, 5.41) is 6.69. The number of hydrogen-bond donors (Lipinski definition) is 1. The summed E-state index contributed by atoms with van der Waals surface area (Å²) in [5.74, 6) is -0.186. The topological polar surface area (TPSA) is 46.9 Å². The summed E-state index contributed by atoms with van der Waals surface area (Å²) < 4.78 is 1.68. The SMILES string of the molecule is Cn1ccc(CNC(=O)CCl)n1. The highest BCUT2D eigenvalue weighted by Gasteiger charge is 1.99. The highest BCUT2D eigenvalue weighted by atomic mass is 35.5. The van der Waals surface area contributed by atoms with Gasteiger partial charge in [-0.2, -0.15) is 5.10 Å². The summed E-state index contributed by atoms with van der Waals surface area (Å²) >= 11 is 5.29. The first-order valence-corrected chi connectivity index (χ1v) is 4.07. The summed E-state index contributed by atoms with van der Waals surface area (Å²) in [6.07, 6.45) is 1.82. The van der Waals surface area contributed by atoms with E-state index in [4.69, 9.17) is 11.6 Å². The van der Waals surface area contributed by atoms with Crippen molar-refractivity contribution in [1.29, 1.82) is 0 Å². The molecule has 0 saturated heterocycles. The molecule has 0 atom stereocenters. The third-order valence-corrected chi connectivity index (χ3v) is 1.60. The van der Waals surface area contributed by atoms with E-state index in [9.17, 15) is 4.79 Å². The van der Waals surface area contributed by atoms with Gasteiger partial charge in [-0.15, -0.1) is 11.6 Å². The molecule has 0 aromatic carbocycles. The largest absolute Gasteiger partial charge is 0.349 e. The van der Waals surface area contributed by atoms with Crippen LogP contribution < -0.4 is 5.32 Å². The Balaban J connectivity index is 2.38. The lowest BCUT2D eigenvalue weighted by Crippen LogP contribution is -2.23. The molecular formula is C7H10ClN3O. The number of halogens is 1. The summed E-state index contributed by atoms with van der Waals surface area (Å²) in [6, 6.07) is 1.84. The first kappa shape index (κ1) is 9.06. The molecule has 0 spiro atoms. The second-order valence-corrected chi connectivity index (χ2v) is 2.66. The molecule has 5 heteroatoms. The Kier molecular flexibility index (Phi) is 3.10. The third-order valence-electron chi connectivity index (χ3n) is 1.36. The minimum Gasteiger partial charge on any atom is -0.349 e. The molecule has 0 unspecified atom stereocenters. The van der Waals surface area contributed by atoms with E-state index in [0.717, 1.165) is 5.69 Å². The molecule has 12 heavy (non-hydrogen) atoms. The number of alkyl halides is 1. The van der Waals surface area contributed by atoms with Crippen molar-refractivity contribution in [3.05, 3.63) is 18.0 Å². The van der Waals surface area contributed by atoms with Crippen LogP contribution in [0, 0.1) is 0 Å². The minimum atomic E-state index is -0.178. The number of rotatable bonds is 3. The minimum absolute atomic E-state index is 0.00711. The molecule has 1 amide bonds. The summed E-state index contributed by atoms with van der Waals surface area (Å²) in [5.41, 5.74) is 0.830. The molecule has 0 fully saturated rings. The molecular weight excluding hydrogens is 178 g/mol. The number of carbonyl (C=O) groups is 1. The molecule has 0 aliphatic carbocycles. The van der Waals surface area contributed by atoms with E-state index in [1.165, 1.54) is 0 Å². The van der Waals surface area contributed by atoms with Gasteiger partial charge in [0.25, 0.3) is 0 Å². The lowest BCUT2D eigenvalue weighted by Gasteiger charge is -1.98. The van der Waals surface area contributed by atoms with Crippen molar-refractivity contribution in [2.24, 2.45) is 7.05 Å².